The van der Waals surface area contributed by atoms with Crippen LogP contribution in [0.2, 0.25) is 0 Å². The number of benzene rings is 1. The number of aromatic amines is 1. The summed E-state index contributed by atoms with van der Waals surface area (Å²) >= 11 is 0. The maximum Gasteiger partial charge on any atom is 0.220 e. The van der Waals surface area contributed by atoms with E-state index in [4.69, 9.17) is 4.74 Å². The number of H-pyrrole nitrogens is 1. The molecule has 0 radical (unpaired) electrons. The summed E-state index contributed by atoms with van der Waals surface area (Å²) in [5.41, 5.74) is 3.49. The highest BCUT2D eigenvalue weighted by molar-refractivity contribution is 5.85. The molecule has 0 bridgehead atoms. The van der Waals surface area contributed by atoms with Gasteiger partial charge in [0.05, 0.1) is 12.6 Å². The average Bonchev–Trinajstić information content (AvgIpc) is 2.91. The van der Waals surface area contributed by atoms with Crippen molar-refractivity contribution in [2.24, 2.45) is 0 Å². The molecule has 1 aliphatic rings. The fraction of sp³-hybridized carbons (Fsp3) is 0.500. The summed E-state index contributed by atoms with van der Waals surface area (Å²) in [7, 11) is 0. The Hall–Kier alpha value is -1.81. The third-order valence-corrected chi connectivity index (χ3v) is 4.54. The van der Waals surface area contributed by atoms with E-state index < -0.39 is 0 Å². The smallest absolute Gasteiger partial charge is 0.220 e. The molecule has 1 aromatic heterocycles. The molecule has 0 spiro atoms. The minimum Gasteiger partial charge on any atom is -0.377 e. The van der Waals surface area contributed by atoms with E-state index in [2.05, 4.69) is 23.2 Å². The zero-order valence-electron chi connectivity index (χ0n) is 13.4. The summed E-state index contributed by atoms with van der Waals surface area (Å²) in [6.45, 7) is 5.82. The topological polar surface area (TPSA) is 45.3 Å². The molecule has 1 fully saturated rings. The molecule has 1 saturated heterocycles. The number of fused-ring (bicyclic) bond motifs is 1. The van der Waals surface area contributed by atoms with E-state index >= 15 is 0 Å². The molecular weight excluding hydrogens is 276 g/mol. The second-order valence-corrected chi connectivity index (χ2v) is 5.92. The Kier molecular flexibility index (Phi) is 4.48. The fourth-order valence-corrected chi connectivity index (χ4v) is 3.47. The molecule has 1 atom stereocenters. The summed E-state index contributed by atoms with van der Waals surface area (Å²) < 4.78 is 5.69. The molecule has 0 saturated carbocycles. The van der Waals surface area contributed by atoms with Crippen LogP contribution < -0.4 is 0 Å². The van der Waals surface area contributed by atoms with Gasteiger partial charge in [-0.3, -0.25) is 4.79 Å². The van der Waals surface area contributed by atoms with E-state index in [9.17, 15) is 4.79 Å². The normalized spacial score (nSPS) is 18.8. The predicted molar refractivity (Wildman–Crippen MR) is 87.6 cm³/mol. The molecule has 1 aliphatic heterocycles. The van der Waals surface area contributed by atoms with E-state index in [0.717, 1.165) is 37.0 Å². The number of carbonyl (C=O) groups excluding carboxylic acids is 1. The van der Waals surface area contributed by atoms with Crippen LogP contribution in [0.5, 0.6) is 0 Å². The van der Waals surface area contributed by atoms with Crippen molar-refractivity contribution in [3.63, 3.8) is 0 Å². The van der Waals surface area contributed by atoms with Crippen LogP contribution in [-0.2, 0) is 16.1 Å². The molecule has 1 N–H and O–H groups in total. The Balaban J connectivity index is 2.05. The lowest BCUT2D eigenvalue weighted by Gasteiger charge is -2.35. The molecule has 2 aromatic rings. The number of rotatable bonds is 4. The van der Waals surface area contributed by atoms with Crippen molar-refractivity contribution in [2.75, 3.05) is 13.2 Å². The first-order valence-corrected chi connectivity index (χ1v) is 8.16. The van der Waals surface area contributed by atoms with Crippen molar-refractivity contribution >= 4 is 16.8 Å². The third-order valence-electron chi connectivity index (χ3n) is 4.54. The van der Waals surface area contributed by atoms with Gasteiger partial charge in [-0.05, 0) is 32.3 Å². The summed E-state index contributed by atoms with van der Waals surface area (Å²) in [5.74, 6) is 0.158. The molecule has 4 heteroatoms. The lowest BCUT2D eigenvalue weighted by molar-refractivity contribution is -0.132. The fourth-order valence-electron chi connectivity index (χ4n) is 3.47. The largest absolute Gasteiger partial charge is 0.377 e. The van der Waals surface area contributed by atoms with Crippen molar-refractivity contribution in [1.29, 1.82) is 0 Å². The van der Waals surface area contributed by atoms with Gasteiger partial charge in [-0.2, -0.15) is 0 Å². The monoisotopic (exact) mass is 300 g/mol. The van der Waals surface area contributed by atoms with Crippen LogP contribution in [0.4, 0.5) is 0 Å². The van der Waals surface area contributed by atoms with Crippen LogP contribution in [-0.4, -0.2) is 28.9 Å². The predicted octanol–water partition coefficient (Wildman–Crippen LogP) is 3.78. The SMILES string of the molecule is CCOCc1c(C2CCCCN2C(C)=O)[nH]c2ccccc12. The second kappa shape index (κ2) is 6.53. The first kappa shape index (κ1) is 15.1. The summed E-state index contributed by atoms with van der Waals surface area (Å²) in [6, 6.07) is 8.46. The Labute approximate surface area is 131 Å². The van der Waals surface area contributed by atoms with E-state index in [0.29, 0.717) is 13.2 Å². The van der Waals surface area contributed by atoms with Gasteiger partial charge in [-0.1, -0.05) is 18.2 Å². The molecule has 1 aromatic carbocycles. The molecule has 1 unspecified atom stereocenters. The van der Waals surface area contributed by atoms with Crippen molar-refractivity contribution in [3.05, 3.63) is 35.5 Å². The third kappa shape index (κ3) is 2.75. The first-order chi connectivity index (χ1) is 10.7. The highest BCUT2D eigenvalue weighted by Gasteiger charge is 2.29. The van der Waals surface area contributed by atoms with Crippen LogP contribution in [0.1, 0.15) is 50.4 Å². The minimum absolute atomic E-state index is 0.147. The van der Waals surface area contributed by atoms with Crippen LogP contribution in [0.25, 0.3) is 10.9 Å². The second-order valence-electron chi connectivity index (χ2n) is 5.92. The lowest BCUT2D eigenvalue weighted by Crippen LogP contribution is -2.37. The number of nitrogens with one attached hydrogen (secondary N) is 1. The molecule has 4 nitrogen and oxygen atoms in total. The van der Waals surface area contributed by atoms with Gasteiger partial charge in [-0.25, -0.2) is 0 Å². The Morgan fingerprint density at radius 2 is 2.18 bits per heavy atom. The van der Waals surface area contributed by atoms with Crippen molar-refractivity contribution in [1.82, 2.24) is 9.88 Å². The number of likely N-dealkylation sites (tertiary alicyclic amines) is 1. The highest BCUT2D eigenvalue weighted by Crippen LogP contribution is 2.36. The van der Waals surface area contributed by atoms with Gasteiger partial charge >= 0.3 is 0 Å². The van der Waals surface area contributed by atoms with Crippen LogP contribution in [0.3, 0.4) is 0 Å². The zero-order chi connectivity index (χ0) is 15.5. The van der Waals surface area contributed by atoms with E-state index in [1.165, 1.54) is 10.9 Å². The van der Waals surface area contributed by atoms with E-state index in [1.54, 1.807) is 6.92 Å². The number of aromatic nitrogens is 1. The summed E-state index contributed by atoms with van der Waals surface area (Å²) in [6.07, 6.45) is 3.28. The standard InChI is InChI=1S/C18H24N2O2/c1-3-22-12-15-14-8-4-5-9-16(14)19-18(15)17-10-6-7-11-20(17)13(2)21/h4-5,8-9,17,19H,3,6-7,10-12H2,1-2H3. The number of amides is 1. The van der Waals surface area contributed by atoms with Gasteiger partial charge in [0, 0.05) is 42.2 Å². The molecule has 1 amide bonds. The van der Waals surface area contributed by atoms with Crippen LogP contribution in [0, 0.1) is 0 Å². The first-order valence-electron chi connectivity index (χ1n) is 8.16. The molecule has 3 rings (SSSR count). The van der Waals surface area contributed by atoms with Crippen molar-refractivity contribution < 1.29 is 9.53 Å². The molecule has 2 heterocycles. The Morgan fingerprint density at radius 1 is 1.36 bits per heavy atom. The number of nitrogens with zero attached hydrogens (tertiary/aromatic N) is 1. The highest BCUT2D eigenvalue weighted by atomic mass is 16.5. The van der Waals surface area contributed by atoms with Gasteiger partial charge in [0.2, 0.25) is 5.91 Å². The van der Waals surface area contributed by atoms with Gasteiger partial charge in [-0.15, -0.1) is 0 Å². The van der Waals surface area contributed by atoms with E-state index in [1.807, 2.05) is 17.9 Å². The number of para-hydroxylation sites is 1. The lowest BCUT2D eigenvalue weighted by atomic mass is 9.96. The average molecular weight is 300 g/mol. The number of hydrogen-bond acceptors (Lipinski definition) is 2. The number of piperidine rings is 1. The van der Waals surface area contributed by atoms with Gasteiger partial charge in [0.15, 0.2) is 0 Å². The summed E-state index contributed by atoms with van der Waals surface area (Å²) in [4.78, 5) is 17.6. The van der Waals surface area contributed by atoms with Gasteiger partial charge in [0.25, 0.3) is 0 Å². The van der Waals surface area contributed by atoms with Crippen LogP contribution >= 0.6 is 0 Å². The molecule has 0 aliphatic carbocycles. The Morgan fingerprint density at radius 3 is 2.95 bits per heavy atom. The van der Waals surface area contributed by atoms with Crippen molar-refractivity contribution in [3.8, 4) is 0 Å². The van der Waals surface area contributed by atoms with Gasteiger partial charge in [0.1, 0.15) is 0 Å². The number of ether oxygens (including phenoxy) is 1. The van der Waals surface area contributed by atoms with Crippen LogP contribution in [0.15, 0.2) is 24.3 Å². The number of hydrogen-bond donors (Lipinski definition) is 1. The zero-order valence-corrected chi connectivity index (χ0v) is 13.4. The minimum atomic E-state index is 0.147. The molecule has 118 valence electrons. The maximum absolute atomic E-state index is 12.0. The number of carbonyl (C=O) groups is 1. The molecule has 22 heavy (non-hydrogen) atoms. The quantitative estimate of drug-likeness (QED) is 0.934. The van der Waals surface area contributed by atoms with E-state index in [-0.39, 0.29) is 11.9 Å². The molecular formula is C18H24N2O2. The maximum atomic E-state index is 12.0. The van der Waals surface area contributed by atoms with Crippen molar-refractivity contribution in [2.45, 2.75) is 45.8 Å². The van der Waals surface area contributed by atoms with Gasteiger partial charge < -0.3 is 14.6 Å². The Bertz CT molecular complexity index is 662. The summed E-state index contributed by atoms with van der Waals surface area (Å²) in [5, 5.41) is 1.21.